The van der Waals surface area contributed by atoms with E-state index in [4.69, 9.17) is 18.9 Å². The molecule has 3 rings (SSSR count). The summed E-state index contributed by atoms with van der Waals surface area (Å²) in [4.78, 5) is 24.8. The van der Waals surface area contributed by atoms with Crippen molar-refractivity contribution >= 4 is 11.9 Å². The fourth-order valence-corrected chi connectivity index (χ4v) is 4.09. The van der Waals surface area contributed by atoms with Crippen molar-refractivity contribution in [3.05, 3.63) is 35.5 Å². The van der Waals surface area contributed by atoms with E-state index >= 15 is 0 Å². The van der Waals surface area contributed by atoms with Crippen LogP contribution in [0.4, 0.5) is 0 Å². The number of rotatable bonds is 4. The molecule has 3 aliphatic rings. The molecule has 0 unspecified atom stereocenters. The molecule has 28 heavy (non-hydrogen) atoms. The van der Waals surface area contributed by atoms with Crippen molar-refractivity contribution in [3.8, 4) is 0 Å². The van der Waals surface area contributed by atoms with Crippen molar-refractivity contribution in [2.24, 2.45) is 5.92 Å². The topological polar surface area (TPSA) is 74.4 Å². The number of fused-ring (bicyclic) bond motifs is 2. The van der Waals surface area contributed by atoms with Crippen LogP contribution in [0.3, 0.4) is 0 Å². The molecule has 2 aliphatic heterocycles. The third kappa shape index (κ3) is 3.94. The first-order valence-corrected chi connectivity index (χ1v) is 9.91. The molecule has 0 aromatic heterocycles. The number of epoxide rings is 1. The maximum Gasteiger partial charge on any atom is 0.334 e. The third-order valence-electron chi connectivity index (χ3n) is 6.05. The maximum absolute atomic E-state index is 12.5. The molecule has 2 fully saturated rings. The SMILES string of the molecule is C=C1C(=O)O[C@H]2/C=C(/C)[C@@H](OCC)C[C@H]3O[C@@]3(C)C[C@@H](OC(=O)/C(C)=C\C)[C@@H]12. The molecule has 0 saturated carbocycles. The molecule has 6 heteroatoms. The molecule has 0 aromatic rings. The van der Waals surface area contributed by atoms with Gasteiger partial charge in [0.15, 0.2) is 0 Å². The molecule has 2 heterocycles. The van der Waals surface area contributed by atoms with E-state index in [1.165, 1.54) is 0 Å². The monoisotopic (exact) mass is 390 g/mol. The molecular weight excluding hydrogens is 360 g/mol. The highest BCUT2D eigenvalue weighted by molar-refractivity contribution is 5.92. The summed E-state index contributed by atoms with van der Waals surface area (Å²) in [6, 6.07) is 0. The summed E-state index contributed by atoms with van der Waals surface area (Å²) in [5.74, 6) is -1.30. The lowest BCUT2D eigenvalue weighted by molar-refractivity contribution is -0.148. The van der Waals surface area contributed by atoms with Crippen LogP contribution in [0.1, 0.15) is 47.5 Å². The number of esters is 2. The van der Waals surface area contributed by atoms with Crippen LogP contribution in [0.25, 0.3) is 0 Å². The van der Waals surface area contributed by atoms with Crippen molar-refractivity contribution in [2.45, 2.75) is 77.5 Å². The molecule has 6 nitrogen and oxygen atoms in total. The van der Waals surface area contributed by atoms with Crippen LogP contribution in [0, 0.1) is 5.92 Å². The predicted molar refractivity (Wildman–Crippen MR) is 104 cm³/mol. The Hall–Kier alpha value is -1.92. The van der Waals surface area contributed by atoms with Crippen LogP contribution < -0.4 is 0 Å². The van der Waals surface area contributed by atoms with Crippen LogP contribution >= 0.6 is 0 Å². The Morgan fingerprint density at radius 2 is 2.18 bits per heavy atom. The minimum Gasteiger partial charge on any atom is -0.458 e. The van der Waals surface area contributed by atoms with Gasteiger partial charge >= 0.3 is 11.9 Å². The zero-order valence-electron chi connectivity index (χ0n) is 17.3. The van der Waals surface area contributed by atoms with Crippen LogP contribution in [-0.4, -0.2) is 48.6 Å². The van der Waals surface area contributed by atoms with Crippen LogP contribution in [0.15, 0.2) is 35.5 Å². The second-order valence-corrected chi connectivity index (χ2v) is 8.05. The largest absolute Gasteiger partial charge is 0.458 e. The van der Waals surface area contributed by atoms with Gasteiger partial charge in [-0.25, -0.2) is 9.59 Å². The Balaban J connectivity index is 1.98. The van der Waals surface area contributed by atoms with Crippen molar-refractivity contribution in [1.82, 2.24) is 0 Å². The smallest absolute Gasteiger partial charge is 0.334 e. The predicted octanol–water partition coefficient (Wildman–Crippen LogP) is 3.26. The molecular formula is C22H30O6. The first kappa shape index (κ1) is 20.8. The highest BCUT2D eigenvalue weighted by Crippen LogP contribution is 2.48. The maximum atomic E-state index is 12.5. The lowest BCUT2D eigenvalue weighted by atomic mass is 9.82. The van der Waals surface area contributed by atoms with Gasteiger partial charge in [0.1, 0.15) is 12.2 Å². The minimum atomic E-state index is -0.561. The molecule has 0 spiro atoms. The molecule has 0 amide bonds. The number of carbonyl (C=O) groups excluding carboxylic acids is 2. The van der Waals surface area contributed by atoms with Gasteiger partial charge in [0.25, 0.3) is 0 Å². The van der Waals surface area contributed by atoms with E-state index in [0.717, 1.165) is 5.57 Å². The van der Waals surface area contributed by atoms with Gasteiger partial charge in [-0.1, -0.05) is 12.7 Å². The van der Waals surface area contributed by atoms with E-state index in [1.807, 2.05) is 26.8 Å². The Bertz CT molecular complexity index is 735. The Morgan fingerprint density at radius 1 is 1.46 bits per heavy atom. The Morgan fingerprint density at radius 3 is 2.82 bits per heavy atom. The fraction of sp³-hybridized carbons (Fsp3) is 0.636. The second-order valence-electron chi connectivity index (χ2n) is 8.05. The Labute approximate surface area is 166 Å². The summed E-state index contributed by atoms with van der Waals surface area (Å²) in [6.07, 6.45) is 3.62. The van der Waals surface area contributed by atoms with Crippen molar-refractivity contribution in [1.29, 1.82) is 0 Å². The normalized spacial score (nSPS) is 40.0. The van der Waals surface area contributed by atoms with Crippen LogP contribution in [-0.2, 0) is 28.5 Å². The molecule has 1 aliphatic carbocycles. The van der Waals surface area contributed by atoms with E-state index in [0.29, 0.717) is 30.6 Å². The van der Waals surface area contributed by atoms with Crippen molar-refractivity contribution in [3.63, 3.8) is 0 Å². The number of hydrogen-bond acceptors (Lipinski definition) is 6. The highest BCUT2D eigenvalue weighted by Gasteiger charge is 2.57. The first-order valence-electron chi connectivity index (χ1n) is 9.91. The summed E-state index contributed by atoms with van der Waals surface area (Å²) in [7, 11) is 0. The number of allylic oxidation sites excluding steroid dienone is 1. The molecule has 154 valence electrons. The Kier molecular flexibility index (Phi) is 5.82. The van der Waals surface area contributed by atoms with Gasteiger partial charge < -0.3 is 18.9 Å². The van der Waals surface area contributed by atoms with Gasteiger partial charge in [-0.15, -0.1) is 0 Å². The van der Waals surface area contributed by atoms with Gasteiger partial charge in [-0.2, -0.15) is 0 Å². The van der Waals surface area contributed by atoms with E-state index < -0.39 is 35.7 Å². The van der Waals surface area contributed by atoms with Gasteiger partial charge in [0.2, 0.25) is 0 Å². The lowest BCUT2D eigenvalue weighted by Crippen LogP contribution is -2.38. The van der Waals surface area contributed by atoms with E-state index in [2.05, 4.69) is 6.58 Å². The summed E-state index contributed by atoms with van der Waals surface area (Å²) in [5, 5.41) is 0. The summed E-state index contributed by atoms with van der Waals surface area (Å²) < 4.78 is 23.3. The standard InChI is InChI=1S/C22H30O6/c1-7-12(3)20(23)27-17-11-22(6)18(28-22)10-15(25-8-2)13(4)9-16-19(17)14(5)21(24)26-16/h7,9,15-19H,5,8,10-11H2,1-4,6H3/b12-7-,13-9-/t15-,16-,17+,18+,19-,22-/m0/s1. The zero-order valence-corrected chi connectivity index (χ0v) is 17.3. The molecule has 0 N–H and O–H groups in total. The average molecular weight is 390 g/mol. The average Bonchev–Trinajstić information content (AvgIpc) is 3.18. The lowest BCUT2D eigenvalue weighted by Gasteiger charge is -2.29. The summed E-state index contributed by atoms with van der Waals surface area (Å²) in [5.41, 5.74) is 1.40. The van der Waals surface area contributed by atoms with Crippen LogP contribution in [0.2, 0.25) is 0 Å². The fourth-order valence-electron chi connectivity index (χ4n) is 4.09. The number of hydrogen-bond donors (Lipinski definition) is 0. The quantitative estimate of drug-likeness (QED) is 0.317. The second kappa shape index (κ2) is 7.84. The molecule has 0 radical (unpaired) electrons. The number of carbonyl (C=O) groups is 2. The highest BCUT2D eigenvalue weighted by atomic mass is 16.6. The molecule has 6 atom stereocenters. The molecule has 0 bridgehead atoms. The van der Waals surface area contributed by atoms with Crippen molar-refractivity contribution < 1.29 is 28.5 Å². The summed E-state index contributed by atoms with van der Waals surface area (Å²) >= 11 is 0. The van der Waals surface area contributed by atoms with Crippen molar-refractivity contribution in [2.75, 3.05) is 6.61 Å². The number of ether oxygens (including phenoxy) is 4. The first-order chi connectivity index (χ1) is 13.2. The van der Waals surface area contributed by atoms with Gasteiger partial charge in [0.05, 0.1) is 23.7 Å². The van der Waals surface area contributed by atoms with Gasteiger partial charge in [-0.3, -0.25) is 0 Å². The van der Waals surface area contributed by atoms with Gasteiger partial charge in [-0.05, 0) is 46.3 Å². The molecule has 2 saturated heterocycles. The minimum absolute atomic E-state index is 0.0132. The summed E-state index contributed by atoms with van der Waals surface area (Å²) in [6.45, 7) is 14.0. The van der Waals surface area contributed by atoms with Crippen LogP contribution in [0.5, 0.6) is 0 Å². The molecule has 0 aromatic carbocycles. The van der Waals surface area contributed by atoms with E-state index in [-0.39, 0.29) is 12.2 Å². The van der Waals surface area contributed by atoms with E-state index in [1.54, 1.807) is 19.9 Å². The third-order valence-corrected chi connectivity index (χ3v) is 6.05. The van der Waals surface area contributed by atoms with Gasteiger partial charge in [0, 0.05) is 30.6 Å². The van der Waals surface area contributed by atoms with E-state index in [9.17, 15) is 9.59 Å². The zero-order chi connectivity index (χ0) is 20.6.